The van der Waals surface area contributed by atoms with Gasteiger partial charge in [-0.05, 0) is 89.9 Å². The summed E-state index contributed by atoms with van der Waals surface area (Å²) in [7, 11) is 0. The van der Waals surface area contributed by atoms with Crippen molar-refractivity contribution < 1.29 is 28.6 Å². The summed E-state index contributed by atoms with van der Waals surface area (Å²) < 4.78 is 16.8. The van der Waals surface area contributed by atoms with E-state index >= 15 is 0 Å². The number of ether oxygens (including phenoxy) is 3. The largest absolute Gasteiger partial charge is 0.462 e. The third-order valence-electron chi connectivity index (χ3n) is 11.5. The zero-order valence-electron chi connectivity index (χ0n) is 42.5. The van der Waals surface area contributed by atoms with E-state index in [1.165, 1.54) is 103 Å². The van der Waals surface area contributed by atoms with Gasteiger partial charge >= 0.3 is 17.9 Å². The van der Waals surface area contributed by atoms with Crippen molar-refractivity contribution in [2.24, 2.45) is 0 Å². The first-order valence-electron chi connectivity index (χ1n) is 27.2. The molecule has 1 unspecified atom stereocenters. The first-order chi connectivity index (χ1) is 32.0. The Morgan fingerprint density at radius 1 is 0.323 bits per heavy atom. The van der Waals surface area contributed by atoms with Gasteiger partial charge in [0.2, 0.25) is 0 Å². The highest BCUT2D eigenvalue weighted by atomic mass is 16.6. The van der Waals surface area contributed by atoms with Crippen molar-refractivity contribution in [3.63, 3.8) is 0 Å². The van der Waals surface area contributed by atoms with Crippen molar-refractivity contribution >= 4 is 17.9 Å². The molecule has 6 nitrogen and oxygen atoms in total. The molecule has 0 aliphatic carbocycles. The SMILES string of the molecule is CC\C=C/C=C\C=C/C=C\CCCCCCCC(=O)OCC(COC(=O)CCCCC/C=C\C=C/CCCCCCCCC)OC(=O)CCCCCCC/C=C\CCCCCCCCC. The summed E-state index contributed by atoms with van der Waals surface area (Å²) in [5.74, 6) is -0.955. The molecule has 0 saturated carbocycles. The maximum Gasteiger partial charge on any atom is 0.306 e. The van der Waals surface area contributed by atoms with Gasteiger partial charge in [-0.25, -0.2) is 0 Å². The van der Waals surface area contributed by atoms with E-state index in [4.69, 9.17) is 14.2 Å². The lowest BCUT2D eigenvalue weighted by molar-refractivity contribution is -0.167. The summed E-state index contributed by atoms with van der Waals surface area (Å²) in [6, 6.07) is 0. The fraction of sp³-hybridized carbons (Fsp3) is 0.712. The molecule has 0 aromatic rings. The third-order valence-corrected chi connectivity index (χ3v) is 11.5. The Morgan fingerprint density at radius 2 is 0.615 bits per heavy atom. The standard InChI is InChI=1S/C59H100O6/c1-4-7-10-13-16-19-22-25-28-31-34-37-40-43-46-49-52-58(61)64-55-56(54-63-57(60)51-48-45-42-39-36-33-30-27-24-21-18-15-12-9-6-3)65-59(62)53-50-47-44-41-38-35-32-29-26-23-20-17-14-11-8-5-2/h9,12,15,18,21,24,27-32,34,37,56H,4-8,10-11,13-14,16-17,19-20,22-23,25-26,33,35-36,38-55H2,1-3H3/b12-9-,18-15-,24-21-,30-27-,31-28-,32-29-,37-34-. The highest BCUT2D eigenvalue weighted by Crippen LogP contribution is 2.14. The zero-order valence-corrected chi connectivity index (χ0v) is 42.5. The number of rotatable bonds is 48. The smallest absolute Gasteiger partial charge is 0.306 e. The van der Waals surface area contributed by atoms with E-state index in [1.54, 1.807) is 0 Å². The van der Waals surface area contributed by atoms with Crippen LogP contribution in [0.3, 0.4) is 0 Å². The van der Waals surface area contributed by atoms with Gasteiger partial charge in [0.1, 0.15) is 13.2 Å². The van der Waals surface area contributed by atoms with Crippen molar-refractivity contribution in [3.05, 3.63) is 85.1 Å². The fourth-order valence-corrected chi connectivity index (χ4v) is 7.38. The second-order valence-corrected chi connectivity index (χ2v) is 17.9. The Hall–Kier alpha value is -3.41. The van der Waals surface area contributed by atoms with Gasteiger partial charge in [0, 0.05) is 19.3 Å². The minimum absolute atomic E-state index is 0.101. The lowest BCUT2D eigenvalue weighted by atomic mass is 10.1. The Bertz CT molecular complexity index is 1270. The molecule has 372 valence electrons. The molecular weight excluding hydrogens is 805 g/mol. The van der Waals surface area contributed by atoms with Crippen LogP contribution < -0.4 is 0 Å². The first-order valence-corrected chi connectivity index (χ1v) is 27.2. The summed E-state index contributed by atoms with van der Waals surface area (Å²) in [6.45, 7) is 6.45. The van der Waals surface area contributed by atoms with Crippen LogP contribution in [0.5, 0.6) is 0 Å². The van der Waals surface area contributed by atoms with Crippen LogP contribution in [0.1, 0.15) is 252 Å². The van der Waals surface area contributed by atoms with E-state index in [2.05, 4.69) is 87.6 Å². The van der Waals surface area contributed by atoms with Crippen LogP contribution in [0, 0.1) is 0 Å². The van der Waals surface area contributed by atoms with E-state index in [9.17, 15) is 14.4 Å². The summed E-state index contributed by atoms with van der Waals surface area (Å²) in [6.07, 6.45) is 68.5. The van der Waals surface area contributed by atoms with Gasteiger partial charge < -0.3 is 14.2 Å². The van der Waals surface area contributed by atoms with E-state index in [-0.39, 0.29) is 31.1 Å². The molecule has 0 spiro atoms. The molecule has 1 atom stereocenters. The van der Waals surface area contributed by atoms with Gasteiger partial charge in [0.25, 0.3) is 0 Å². The lowest BCUT2D eigenvalue weighted by Gasteiger charge is -2.18. The minimum Gasteiger partial charge on any atom is -0.462 e. The highest BCUT2D eigenvalue weighted by molar-refractivity contribution is 5.71. The van der Waals surface area contributed by atoms with Crippen LogP contribution >= 0.6 is 0 Å². The summed E-state index contributed by atoms with van der Waals surface area (Å²) in [5.41, 5.74) is 0. The number of carbonyl (C=O) groups is 3. The van der Waals surface area contributed by atoms with Crippen LogP contribution in [-0.4, -0.2) is 37.2 Å². The molecule has 0 radical (unpaired) electrons. The average molecular weight is 905 g/mol. The molecule has 0 aliphatic rings. The maximum absolute atomic E-state index is 12.8. The molecule has 0 aromatic heterocycles. The molecule has 0 aliphatic heterocycles. The summed E-state index contributed by atoms with van der Waals surface area (Å²) in [4.78, 5) is 38.1. The highest BCUT2D eigenvalue weighted by Gasteiger charge is 2.19. The van der Waals surface area contributed by atoms with Crippen LogP contribution in [0.2, 0.25) is 0 Å². The molecule has 0 N–H and O–H groups in total. The number of esters is 3. The van der Waals surface area contributed by atoms with Gasteiger partial charge in [-0.2, -0.15) is 0 Å². The molecule has 65 heavy (non-hydrogen) atoms. The molecular formula is C59H100O6. The van der Waals surface area contributed by atoms with E-state index < -0.39 is 6.10 Å². The lowest BCUT2D eigenvalue weighted by Crippen LogP contribution is -2.30. The normalized spacial score (nSPS) is 12.7. The average Bonchev–Trinajstić information content (AvgIpc) is 3.30. The zero-order chi connectivity index (χ0) is 47.2. The Kier molecular flexibility index (Phi) is 50.4. The van der Waals surface area contributed by atoms with E-state index in [0.29, 0.717) is 19.3 Å². The number of allylic oxidation sites excluding steroid dienone is 14. The second kappa shape index (κ2) is 53.2. The van der Waals surface area contributed by atoms with Gasteiger partial charge in [-0.1, -0.05) is 228 Å². The Balaban J connectivity index is 4.48. The molecule has 0 aromatic carbocycles. The van der Waals surface area contributed by atoms with Crippen LogP contribution in [0.25, 0.3) is 0 Å². The number of hydrogen-bond donors (Lipinski definition) is 0. The number of hydrogen-bond acceptors (Lipinski definition) is 6. The predicted octanol–water partition coefficient (Wildman–Crippen LogP) is 18.0. The van der Waals surface area contributed by atoms with E-state index in [1.807, 2.05) is 18.2 Å². The van der Waals surface area contributed by atoms with Crippen LogP contribution in [-0.2, 0) is 28.6 Å². The van der Waals surface area contributed by atoms with Crippen LogP contribution in [0.15, 0.2) is 85.1 Å². The number of carbonyl (C=O) groups excluding carboxylic acids is 3. The molecule has 0 saturated heterocycles. The van der Waals surface area contributed by atoms with Crippen LogP contribution in [0.4, 0.5) is 0 Å². The monoisotopic (exact) mass is 905 g/mol. The number of unbranched alkanes of at least 4 members (excludes halogenated alkanes) is 27. The minimum atomic E-state index is -0.802. The first kappa shape index (κ1) is 61.6. The van der Waals surface area contributed by atoms with Crippen molar-refractivity contribution in [3.8, 4) is 0 Å². The second-order valence-electron chi connectivity index (χ2n) is 17.9. The Morgan fingerprint density at radius 3 is 1.02 bits per heavy atom. The quantitative estimate of drug-likeness (QED) is 0.0199. The van der Waals surface area contributed by atoms with E-state index in [0.717, 1.165) is 109 Å². The molecule has 0 amide bonds. The van der Waals surface area contributed by atoms with Gasteiger partial charge in [-0.15, -0.1) is 0 Å². The van der Waals surface area contributed by atoms with Gasteiger partial charge in [-0.3, -0.25) is 14.4 Å². The molecule has 0 bridgehead atoms. The van der Waals surface area contributed by atoms with Crippen molar-refractivity contribution in [2.45, 2.75) is 258 Å². The molecule has 0 heterocycles. The molecule has 6 heteroatoms. The molecule has 0 rings (SSSR count). The molecule has 0 fully saturated rings. The maximum atomic E-state index is 12.8. The summed E-state index contributed by atoms with van der Waals surface area (Å²) in [5, 5.41) is 0. The third kappa shape index (κ3) is 51.4. The van der Waals surface area contributed by atoms with Gasteiger partial charge in [0.05, 0.1) is 0 Å². The Labute approximate surface area is 401 Å². The topological polar surface area (TPSA) is 78.9 Å². The van der Waals surface area contributed by atoms with Crippen molar-refractivity contribution in [1.82, 2.24) is 0 Å². The fourth-order valence-electron chi connectivity index (χ4n) is 7.38. The van der Waals surface area contributed by atoms with Crippen molar-refractivity contribution in [2.75, 3.05) is 13.2 Å². The van der Waals surface area contributed by atoms with Crippen molar-refractivity contribution in [1.29, 1.82) is 0 Å². The van der Waals surface area contributed by atoms with Gasteiger partial charge in [0.15, 0.2) is 6.10 Å². The predicted molar refractivity (Wildman–Crippen MR) is 279 cm³/mol. The summed E-state index contributed by atoms with van der Waals surface area (Å²) >= 11 is 0.